The normalized spacial score (nSPS) is 24.0. The third-order valence-corrected chi connectivity index (χ3v) is 5.03. The maximum Gasteiger partial charge on any atom is 0.331 e. The summed E-state index contributed by atoms with van der Waals surface area (Å²) in [5.74, 6) is 0.371. The zero-order valence-electron chi connectivity index (χ0n) is 15.7. The van der Waals surface area contributed by atoms with Gasteiger partial charge < -0.3 is 9.72 Å². The predicted octanol–water partition coefficient (Wildman–Crippen LogP) is 3.24. The Morgan fingerprint density at radius 3 is 2.59 bits per heavy atom. The first-order valence-electron chi connectivity index (χ1n) is 9.16. The highest BCUT2D eigenvalue weighted by Gasteiger charge is 2.51. The number of aromatic amines is 1. The molecule has 5 nitrogen and oxygen atoms in total. The van der Waals surface area contributed by atoms with Gasteiger partial charge >= 0.3 is 5.97 Å². The van der Waals surface area contributed by atoms with Crippen molar-refractivity contribution in [2.45, 2.75) is 39.5 Å². The highest BCUT2D eigenvalue weighted by Crippen LogP contribution is 2.38. The minimum absolute atomic E-state index is 0.0932. The van der Waals surface area contributed by atoms with E-state index in [1.165, 1.54) is 0 Å². The first-order valence-corrected chi connectivity index (χ1v) is 9.16. The van der Waals surface area contributed by atoms with Crippen LogP contribution in [0, 0.1) is 37.0 Å². The van der Waals surface area contributed by atoms with Crippen molar-refractivity contribution in [3.05, 3.63) is 67.6 Å². The van der Waals surface area contributed by atoms with Gasteiger partial charge in [-0.15, -0.1) is 0 Å². The number of carbonyl (C=O) groups excluding carboxylic acids is 2. The van der Waals surface area contributed by atoms with E-state index < -0.39 is 17.7 Å². The number of cyclic esters (lactones) is 1. The van der Waals surface area contributed by atoms with Crippen LogP contribution in [-0.4, -0.2) is 34.0 Å². The molecule has 1 saturated heterocycles. The van der Waals surface area contributed by atoms with Crippen LogP contribution < -0.4 is 0 Å². The summed E-state index contributed by atoms with van der Waals surface area (Å²) < 4.78 is 5.66. The fourth-order valence-electron chi connectivity index (χ4n) is 3.63. The molecule has 4 rings (SSSR count). The van der Waals surface area contributed by atoms with Crippen molar-refractivity contribution in [1.29, 1.82) is 0 Å². The van der Waals surface area contributed by atoms with Crippen molar-refractivity contribution in [2.24, 2.45) is 5.41 Å². The van der Waals surface area contributed by atoms with Gasteiger partial charge in [-0.1, -0.05) is 39.0 Å². The van der Waals surface area contributed by atoms with Crippen LogP contribution in [0.25, 0.3) is 10.9 Å². The second-order valence-electron chi connectivity index (χ2n) is 8.05. The average Bonchev–Trinajstić information content (AvgIpc) is 3.34. The lowest BCUT2D eigenvalue weighted by molar-refractivity contribution is -0.145. The van der Waals surface area contributed by atoms with Gasteiger partial charge in [0.25, 0.3) is 0 Å². The van der Waals surface area contributed by atoms with Gasteiger partial charge in [0.1, 0.15) is 6.04 Å². The van der Waals surface area contributed by atoms with Crippen molar-refractivity contribution in [3.8, 4) is 0 Å². The number of amides is 1. The van der Waals surface area contributed by atoms with E-state index in [1.54, 1.807) is 4.90 Å². The monoisotopic (exact) mass is 363 g/mol. The van der Waals surface area contributed by atoms with Crippen LogP contribution in [0.5, 0.6) is 0 Å². The minimum Gasteiger partial charge on any atom is -0.439 e. The van der Waals surface area contributed by atoms with Crippen LogP contribution in [-0.2, 0) is 20.7 Å². The number of rotatable bonds is 3. The third-order valence-electron chi connectivity index (χ3n) is 5.03. The molecular weight excluding hydrogens is 340 g/mol. The van der Waals surface area contributed by atoms with Gasteiger partial charge in [-0.05, 0) is 37.3 Å². The van der Waals surface area contributed by atoms with Crippen molar-refractivity contribution in [1.82, 2.24) is 9.88 Å². The van der Waals surface area contributed by atoms with Gasteiger partial charge in [-0.3, -0.25) is 9.69 Å². The van der Waals surface area contributed by atoms with Crippen molar-refractivity contribution < 1.29 is 14.3 Å². The van der Waals surface area contributed by atoms with Gasteiger partial charge in [0.15, 0.2) is 6.23 Å². The summed E-state index contributed by atoms with van der Waals surface area (Å²) in [6, 6.07) is 7.31. The molecule has 1 aliphatic carbocycles. The largest absolute Gasteiger partial charge is 0.439 e. The molecular formula is C22H23N2O3. The minimum atomic E-state index is -0.672. The summed E-state index contributed by atoms with van der Waals surface area (Å²) in [4.78, 5) is 30.8. The quantitative estimate of drug-likeness (QED) is 0.852. The Balaban J connectivity index is 1.68. The lowest BCUT2D eigenvalue weighted by atomic mass is 9.91. The van der Waals surface area contributed by atoms with E-state index >= 15 is 0 Å². The highest BCUT2D eigenvalue weighted by atomic mass is 16.6. The number of H-pyrrole nitrogens is 1. The Morgan fingerprint density at radius 1 is 1.19 bits per heavy atom. The Kier molecular flexibility index (Phi) is 4.49. The van der Waals surface area contributed by atoms with Gasteiger partial charge in [-0.25, -0.2) is 4.79 Å². The summed E-state index contributed by atoms with van der Waals surface area (Å²) in [7, 11) is 0. The molecule has 1 aliphatic heterocycles. The lowest BCUT2D eigenvalue weighted by Crippen LogP contribution is -2.50. The van der Waals surface area contributed by atoms with Gasteiger partial charge in [0.2, 0.25) is 5.91 Å². The van der Waals surface area contributed by atoms with Gasteiger partial charge in [-0.2, -0.15) is 0 Å². The standard InChI is InChI=1S/C22H23N2O3/c1-22(2,3)21(26)24-18(20(25)27-19(24)14-8-4-5-9-14)12-15-13-23-17-11-7-6-10-16(15)17/h4-11,13,18-19,23H,12H2,1-3H3/t18-,19+/m0/s1. The van der Waals surface area contributed by atoms with Crippen LogP contribution in [0.2, 0.25) is 0 Å². The molecule has 1 amide bonds. The van der Waals surface area contributed by atoms with Crippen molar-refractivity contribution in [2.75, 3.05) is 0 Å². The molecule has 1 saturated carbocycles. The SMILES string of the molecule is CC(C)(C)C(=O)N1[C@@H]([C]2[CH][CH][CH][CH]2)OC(=O)[C@@H]1Cc1c[nH]c2ccccc12. The molecule has 2 atom stereocenters. The number of benzene rings is 1. The number of hydrogen-bond acceptors (Lipinski definition) is 3. The fourth-order valence-corrected chi connectivity index (χ4v) is 3.63. The van der Waals surface area contributed by atoms with Gasteiger partial charge in [0, 0.05) is 34.9 Å². The number of fused-ring (bicyclic) bond motifs is 1. The summed E-state index contributed by atoms with van der Waals surface area (Å²) in [5.41, 5.74) is 1.40. The second kappa shape index (κ2) is 6.70. The molecule has 1 aromatic heterocycles. The molecule has 139 valence electrons. The Hall–Kier alpha value is -2.30. The van der Waals surface area contributed by atoms with Crippen LogP contribution in [0.15, 0.2) is 30.5 Å². The lowest BCUT2D eigenvalue weighted by Gasteiger charge is -2.34. The van der Waals surface area contributed by atoms with E-state index in [1.807, 2.05) is 76.9 Å². The van der Waals surface area contributed by atoms with E-state index in [-0.39, 0.29) is 11.9 Å². The van der Waals surface area contributed by atoms with Crippen molar-refractivity contribution in [3.63, 3.8) is 0 Å². The first kappa shape index (κ1) is 18.1. The van der Waals surface area contributed by atoms with E-state index in [0.717, 1.165) is 22.4 Å². The van der Waals surface area contributed by atoms with E-state index in [0.29, 0.717) is 6.42 Å². The number of nitrogens with zero attached hydrogens (tertiary/aromatic N) is 1. The molecule has 2 aliphatic rings. The number of esters is 1. The summed E-state index contributed by atoms with van der Waals surface area (Å²) >= 11 is 0. The van der Waals surface area contributed by atoms with E-state index in [4.69, 9.17) is 4.74 Å². The molecule has 27 heavy (non-hydrogen) atoms. The third kappa shape index (κ3) is 3.24. The Bertz CT molecular complexity index is 858. The molecule has 1 N–H and O–H groups in total. The maximum atomic E-state index is 13.2. The molecule has 5 radical (unpaired) electrons. The number of aromatic nitrogens is 1. The predicted molar refractivity (Wildman–Crippen MR) is 102 cm³/mol. The van der Waals surface area contributed by atoms with Crippen LogP contribution in [0.3, 0.4) is 0 Å². The molecule has 0 spiro atoms. The summed E-state index contributed by atoms with van der Waals surface area (Å²) in [6.07, 6.45) is 9.19. The first-order chi connectivity index (χ1) is 12.9. The van der Waals surface area contributed by atoms with Crippen LogP contribution in [0.1, 0.15) is 26.3 Å². The zero-order chi connectivity index (χ0) is 19.2. The van der Waals surface area contributed by atoms with E-state index in [9.17, 15) is 9.59 Å². The summed E-state index contributed by atoms with van der Waals surface area (Å²) in [6.45, 7) is 5.59. The Morgan fingerprint density at radius 2 is 1.89 bits per heavy atom. The zero-order valence-corrected chi connectivity index (χ0v) is 15.7. The average molecular weight is 363 g/mol. The fraction of sp³-hybridized carbons (Fsp3) is 0.318. The van der Waals surface area contributed by atoms with Crippen molar-refractivity contribution >= 4 is 22.8 Å². The van der Waals surface area contributed by atoms with Gasteiger partial charge in [0.05, 0.1) is 0 Å². The smallest absolute Gasteiger partial charge is 0.331 e. The summed E-state index contributed by atoms with van der Waals surface area (Å²) in [5, 5.41) is 1.06. The number of hydrogen-bond donors (Lipinski definition) is 1. The molecule has 5 heteroatoms. The molecule has 0 unspecified atom stereocenters. The molecule has 2 aromatic rings. The van der Waals surface area contributed by atoms with Crippen LogP contribution >= 0.6 is 0 Å². The number of nitrogens with one attached hydrogen (secondary N) is 1. The van der Waals surface area contributed by atoms with E-state index in [2.05, 4.69) is 4.98 Å². The number of para-hydroxylation sites is 1. The topological polar surface area (TPSA) is 62.4 Å². The molecule has 2 fully saturated rings. The Labute approximate surface area is 160 Å². The molecule has 2 heterocycles. The highest BCUT2D eigenvalue weighted by molar-refractivity contribution is 5.91. The maximum absolute atomic E-state index is 13.2. The second-order valence-corrected chi connectivity index (χ2v) is 8.05. The van der Waals surface area contributed by atoms with Crippen LogP contribution in [0.4, 0.5) is 0 Å². The molecule has 0 bridgehead atoms. The number of ether oxygens (including phenoxy) is 1. The number of carbonyl (C=O) groups is 2. The molecule has 1 aromatic carbocycles.